The summed E-state index contributed by atoms with van der Waals surface area (Å²) in [6.07, 6.45) is 0.976. The van der Waals surface area contributed by atoms with Gasteiger partial charge in [-0.25, -0.2) is 4.39 Å². The van der Waals surface area contributed by atoms with Crippen molar-refractivity contribution in [2.75, 3.05) is 5.32 Å². The molecule has 0 saturated carbocycles. The van der Waals surface area contributed by atoms with Gasteiger partial charge in [0.15, 0.2) is 0 Å². The zero-order valence-corrected chi connectivity index (χ0v) is 10.1. The van der Waals surface area contributed by atoms with Crippen LogP contribution in [-0.4, -0.2) is 0 Å². The summed E-state index contributed by atoms with van der Waals surface area (Å²) in [5.74, 6) is -0.507. The van der Waals surface area contributed by atoms with Crippen molar-refractivity contribution in [3.63, 3.8) is 0 Å². The van der Waals surface area contributed by atoms with Gasteiger partial charge in [-0.1, -0.05) is 25.1 Å². The number of nitrogens with zero attached hydrogens (tertiary/aromatic N) is 1. The first-order valence-corrected chi connectivity index (χ1v) is 5.79. The summed E-state index contributed by atoms with van der Waals surface area (Å²) in [6, 6.07) is 14.3. The van der Waals surface area contributed by atoms with Crippen molar-refractivity contribution >= 4 is 11.4 Å². The number of nitriles is 1. The van der Waals surface area contributed by atoms with Gasteiger partial charge in [-0.05, 0) is 36.2 Å². The number of hydrogen-bond donors (Lipinski definition) is 1. The molecule has 2 aromatic rings. The number of hydrogen-bond acceptors (Lipinski definition) is 2. The summed E-state index contributed by atoms with van der Waals surface area (Å²) in [5, 5.41) is 12.0. The average molecular weight is 240 g/mol. The monoisotopic (exact) mass is 240 g/mol. The molecular weight excluding hydrogens is 227 g/mol. The normalized spacial score (nSPS) is 9.83. The lowest BCUT2D eigenvalue weighted by atomic mass is 10.1. The fourth-order valence-electron chi connectivity index (χ4n) is 1.72. The fourth-order valence-corrected chi connectivity index (χ4v) is 1.72. The van der Waals surface area contributed by atoms with E-state index in [9.17, 15) is 4.39 Å². The Labute approximate surface area is 106 Å². The van der Waals surface area contributed by atoms with Gasteiger partial charge in [0.25, 0.3) is 0 Å². The Hall–Kier alpha value is -2.34. The Kier molecular flexibility index (Phi) is 3.59. The minimum Gasteiger partial charge on any atom is -0.354 e. The number of nitrogens with one attached hydrogen (secondary N) is 1. The van der Waals surface area contributed by atoms with Gasteiger partial charge in [-0.3, -0.25) is 0 Å². The van der Waals surface area contributed by atoms with E-state index in [1.807, 2.05) is 30.3 Å². The van der Waals surface area contributed by atoms with Crippen LogP contribution in [0, 0.1) is 17.1 Å². The highest BCUT2D eigenvalue weighted by Gasteiger charge is 2.07. The second-order valence-corrected chi connectivity index (χ2v) is 3.95. The topological polar surface area (TPSA) is 35.8 Å². The molecule has 0 bridgehead atoms. The molecule has 2 rings (SSSR count). The van der Waals surface area contributed by atoms with E-state index >= 15 is 0 Å². The van der Waals surface area contributed by atoms with Crippen LogP contribution in [0.4, 0.5) is 15.8 Å². The molecule has 1 N–H and O–H groups in total. The molecule has 0 spiro atoms. The molecule has 2 nitrogen and oxygen atoms in total. The van der Waals surface area contributed by atoms with E-state index in [0.717, 1.165) is 12.1 Å². The molecule has 0 radical (unpaired) electrons. The Morgan fingerprint density at radius 3 is 2.50 bits per heavy atom. The van der Waals surface area contributed by atoms with E-state index < -0.39 is 5.82 Å². The molecule has 0 aromatic heterocycles. The van der Waals surface area contributed by atoms with E-state index in [1.54, 1.807) is 12.1 Å². The first-order valence-electron chi connectivity index (χ1n) is 5.79. The van der Waals surface area contributed by atoms with Crippen molar-refractivity contribution in [1.82, 2.24) is 0 Å². The molecule has 0 aliphatic carbocycles. The van der Waals surface area contributed by atoms with Crippen molar-refractivity contribution in [3.8, 4) is 6.07 Å². The van der Waals surface area contributed by atoms with E-state index in [1.165, 1.54) is 11.6 Å². The first kappa shape index (κ1) is 12.1. The first-order chi connectivity index (χ1) is 8.74. The summed E-state index contributed by atoms with van der Waals surface area (Å²) in [4.78, 5) is 0. The predicted molar refractivity (Wildman–Crippen MR) is 70.2 cm³/mol. The second-order valence-electron chi connectivity index (χ2n) is 3.95. The van der Waals surface area contributed by atoms with Crippen LogP contribution in [0.15, 0.2) is 42.5 Å². The van der Waals surface area contributed by atoms with Gasteiger partial charge in [0.2, 0.25) is 0 Å². The maximum atomic E-state index is 13.4. The maximum Gasteiger partial charge on any atom is 0.143 e. The highest BCUT2D eigenvalue weighted by molar-refractivity contribution is 5.66. The molecule has 18 heavy (non-hydrogen) atoms. The lowest BCUT2D eigenvalue weighted by Crippen LogP contribution is -1.96. The molecule has 2 aromatic carbocycles. The summed E-state index contributed by atoms with van der Waals surface area (Å²) in [6.45, 7) is 2.09. The lowest BCUT2D eigenvalue weighted by Gasteiger charge is -2.09. The standard InChI is InChI=1S/C15H13FN2/c1-2-11-6-8-12(9-7-11)18-15-5-3-4-14(16)13(15)10-17/h3-9,18H,2H2,1H3. The molecule has 0 aliphatic rings. The van der Waals surface area contributed by atoms with Crippen molar-refractivity contribution in [2.45, 2.75) is 13.3 Å². The summed E-state index contributed by atoms with van der Waals surface area (Å²) >= 11 is 0. The van der Waals surface area contributed by atoms with Crippen LogP contribution in [-0.2, 0) is 6.42 Å². The fraction of sp³-hybridized carbons (Fsp3) is 0.133. The van der Waals surface area contributed by atoms with Crippen LogP contribution in [0.5, 0.6) is 0 Å². The number of benzene rings is 2. The van der Waals surface area contributed by atoms with Crippen LogP contribution in [0.1, 0.15) is 18.1 Å². The summed E-state index contributed by atoms with van der Waals surface area (Å²) < 4.78 is 13.4. The van der Waals surface area contributed by atoms with Gasteiger partial charge in [0.1, 0.15) is 17.4 Å². The zero-order valence-electron chi connectivity index (χ0n) is 10.1. The van der Waals surface area contributed by atoms with Crippen LogP contribution >= 0.6 is 0 Å². The van der Waals surface area contributed by atoms with Gasteiger partial charge < -0.3 is 5.32 Å². The van der Waals surface area contributed by atoms with Gasteiger partial charge in [0, 0.05) is 5.69 Å². The molecule has 0 aliphatic heterocycles. The zero-order chi connectivity index (χ0) is 13.0. The van der Waals surface area contributed by atoms with Crippen molar-refractivity contribution in [2.24, 2.45) is 0 Å². The second kappa shape index (κ2) is 5.33. The van der Waals surface area contributed by atoms with E-state index in [4.69, 9.17) is 5.26 Å². The van der Waals surface area contributed by atoms with Crippen molar-refractivity contribution < 1.29 is 4.39 Å². The highest BCUT2D eigenvalue weighted by Crippen LogP contribution is 2.22. The van der Waals surface area contributed by atoms with Crippen LogP contribution in [0.2, 0.25) is 0 Å². The largest absolute Gasteiger partial charge is 0.354 e. The third-order valence-corrected chi connectivity index (χ3v) is 2.77. The Morgan fingerprint density at radius 2 is 1.89 bits per heavy atom. The number of rotatable bonds is 3. The van der Waals surface area contributed by atoms with E-state index in [-0.39, 0.29) is 5.56 Å². The van der Waals surface area contributed by atoms with Crippen LogP contribution in [0.3, 0.4) is 0 Å². The van der Waals surface area contributed by atoms with Crippen LogP contribution < -0.4 is 5.32 Å². The lowest BCUT2D eigenvalue weighted by molar-refractivity contribution is 0.624. The SMILES string of the molecule is CCc1ccc(Nc2cccc(F)c2C#N)cc1. The smallest absolute Gasteiger partial charge is 0.143 e. The Balaban J connectivity index is 2.28. The Bertz CT molecular complexity index is 582. The van der Waals surface area contributed by atoms with Crippen LogP contribution in [0.25, 0.3) is 0 Å². The molecule has 0 amide bonds. The van der Waals surface area contributed by atoms with Gasteiger partial charge in [-0.15, -0.1) is 0 Å². The van der Waals surface area contributed by atoms with E-state index in [2.05, 4.69) is 12.2 Å². The predicted octanol–water partition coefficient (Wildman–Crippen LogP) is 4.00. The number of halogens is 1. The number of aryl methyl sites for hydroxylation is 1. The highest BCUT2D eigenvalue weighted by atomic mass is 19.1. The minimum absolute atomic E-state index is 0.0390. The maximum absolute atomic E-state index is 13.4. The van der Waals surface area contributed by atoms with Crippen molar-refractivity contribution in [1.29, 1.82) is 5.26 Å². The quantitative estimate of drug-likeness (QED) is 0.880. The van der Waals surface area contributed by atoms with Gasteiger partial charge >= 0.3 is 0 Å². The number of anilines is 2. The Morgan fingerprint density at radius 1 is 1.17 bits per heavy atom. The molecular formula is C15H13FN2. The summed E-state index contributed by atoms with van der Waals surface area (Å²) in [7, 11) is 0. The third kappa shape index (κ3) is 2.49. The molecule has 0 atom stereocenters. The third-order valence-electron chi connectivity index (χ3n) is 2.77. The molecule has 0 saturated heterocycles. The average Bonchev–Trinajstić information content (AvgIpc) is 2.40. The minimum atomic E-state index is -0.507. The van der Waals surface area contributed by atoms with Gasteiger partial charge in [0.05, 0.1) is 5.69 Å². The summed E-state index contributed by atoms with van der Waals surface area (Å²) in [5.41, 5.74) is 2.61. The molecule has 90 valence electrons. The van der Waals surface area contributed by atoms with E-state index in [0.29, 0.717) is 5.69 Å². The molecule has 0 heterocycles. The molecule has 0 fully saturated rings. The molecule has 0 unspecified atom stereocenters. The molecule has 3 heteroatoms. The van der Waals surface area contributed by atoms with Crippen molar-refractivity contribution in [3.05, 3.63) is 59.4 Å². The van der Waals surface area contributed by atoms with Gasteiger partial charge in [-0.2, -0.15) is 5.26 Å².